The topological polar surface area (TPSA) is 113 Å². The van der Waals surface area contributed by atoms with Crippen molar-refractivity contribution in [2.45, 2.75) is 24.3 Å². The number of carbonyl (C=O) groups excluding carboxylic acids is 1. The zero-order valence-corrected chi connectivity index (χ0v) is 12.3. The number of carboxylic acid groups (broad SMARTS) is 1. The van der Waals surface area contributed by atoms with Crippen molar-refractivity contribution in [1.82, 2.24) is 4.98 Å². The Morgan fingerprint density at radius 3 is 2.43 bits per heavy atom. The Kier molecular flexibility index (Phi) is 4.26. The van der Waals surface area contributed by atoms with Gasteiger partial charge in [-0.3, -0.25) is 9.59 Å². The molecule has 21 heavy (non-hydrogen) atoms. The molecule has 1 aromatic heterocycles. The van der Waals surface area contributed by atoms with Gasteiger partial charge in [-0.2, -0.15) is 0 Å². The van der Waals surface area contributed by atoms with E-state index in [1.165, 1.54) is 18.3 Å². The molecule has 0 radical (unpaired) electrons. The van der Waals surface area contributed by atoms with Gasteiger partial charge in [0.1, 0.15) is 0 Å². The second-order valence-corrected chi connectivity index (χ2v) is 7.15. The summed E-state index contributed by atoms with van der Waals surface area (Å²) in [5, 5.41) is 11.5. The molecule has 114 valence electrons. The summed E-state index contributed by atoms with van der Waals surface area (Å²) >= 11 is 0. The average molecular weight is 312 g/mol. The fourth-order valence-corrected chi connectivity index (χ4v) is 2.92. The van der Waals surface area contributed by atoms with Crippen LogP contribution in [0.15, 0.2) is 23.4 Å². The number of carboxylic acids is 1. The Bertz CT molecular complexity index is 654. The number of nitrogens with zero attached hydrogens (tertiary/aromatic N) is 1. The van der Waals surface area contributed by atoms with Crippen molar-refractivity contribution < 1.29 is 23.1 Å². The molecule has 8 heteroatoms. The molecule has 2 rings (SSSR count). The van der Waals surface area contributed by atoms with E-state index in [1.54, 1.807) is 0 Å². The van der Waals surface area contributed by atoms with Crippen LogP contribution in [0.1, 0.15) is 19.3 Å². The Labute approximate surface area is 122 Å². The molecule has 1 saturated carbocycles. The first-order valence-electron chi connectivity index (χ1n) is 6.47. The Morgan fingerprint density at radius 2 is 1.95 bits per heavy atom. The molecule has 0 spiro atoms. The highest BCUT2D eigenvalue weighted by atomic mass is 32.2. The Hall–Kier alpha value is -1.96. The number of aliphatic carboxylic acids is 1. The number of anilines is 1. The van der Waals surface area contributed by atoms with Gasteiger partial charge in [0.25, 0.3) is 0 Å². The molecule has 0 aromatic carbocycles. The van der Waals surface area contributed by atoms with Crippen molar-refractivity contribution in [3.8, 4) is 0 Å². The molecular weight excluding hydrogens is 296 g/mol. The monoisotopic (exact) mass is 312 g/mol. The largest absolute Gasteiger partial charge is 0.481 e. The van der Waals surface area contributed by atoms with E-state index in [0.717, 1.165) is 6.26 Å². The molecule has 7 nitrogen and oxygen atoms in total. The van der Waals surface area contributed by atoms with E-state index in [4.69, 9.17) is 5.11 Å². The minimum absolute atomic E-state index is 0.0627. The fraction of sp³-hybridized carbons (Fsp3) is 0.462. The molecular formula is C13H16N2O5S. The molecule has 1 amide bonds. The smallest absolute Gasteiger partial charge is 0.306 e. The fourth-order valence-electron chi connectivity index (χ4n) is 2.36. The normalized spacial score (nSPS) is 22.0. The predicted octanol–water partition coefficient (Wildman–Crippen LogP) is 0.925. The number of rotatable bonds is 4. The van der Waals surface area contributed by atoms with Crippen molar-refractivity contribution in [3.63, 3.8) is 0 Å². The lowest BCUT2D eigenvalue weighted by Crippen LogP contribution is -2.21. The zero-order chi connectivity index (χ0) is 15.6. The summed E-state index contributed by atoms with van der Waals surface area (Å²) in [4.78, 5) is 26.7. The molecule has 0 aliphatic heterocycles. The first-order valence-corrected chi connectivity index (χ1v) is 8.36. The maximum absolute atomic E-state index is 12.0. The number of hydrogen-bond acceptors (Lipinski definition) is 5. The number of amides is 1. The number of nitrogens with one attached hydrogen (secondary N) is 1. The highest BCUT2D eigenvalue weighted by Crippen LogP contribution is 2.31. The van der Waals surface area contributed by atoms with Gasteiger partial charge in [0, 0.05) is 12.2 Å². The van der Waals surface area contributed by atoms with E-state index in [-0.39, 0.29) is 16.9 Å². The molecule has 2 N–H and O–H groups in total. The molecule has 1 aliphatic rings. The maximum Gasteiger partial charge on any atom is 0.306 e. The molecule has 0 unspecified atom stereocenters. The molecule has 1 heterocycles. The maximum atomic E-state index is 12.0. The van der Waals surface area contributed by atoms with Gasteiger partial charge in [-0.1, -0.05) is 0 Å². The van der Waals surface area contributed by atoms with Gasteiger partial charge in [-0.15, -0.1) is 0 Å². The van der Waals surface area contributed by atoms with Crippen LogP contribution in [0.4, 0.5) is 5.69 Å². The first-order chi connectivity index (χ1) is 9.77. The van der Waals surface area contributed by atoms with Gasteiger partial charge in [-0.05, 0) is 31.4 Å². The van der Waals surface area contributed by atoms with Crippen molar-refractivity contribution >= 4 is 27.4 Å². The second kappa shape index (κ2) is 5.80. The van der Waals surface area contributed by atoms with Crippen LogP contribution in [0.25, 0.3) is 0 Å². The molecule has 1 fully saturated rings. The van der Waals surface area contributed by atoms with Gasteiger partial charge in [0.2, 0.25) is 5.91 Å². The van der Waals surface area contributed by atoms with Gasteiger partial charge < -0.3 is 10.4 Å². The van der Waals surface area contributed by atoms with E-state index in [9.17, 15) is 18.0 Å². The van der Waals surface area contributed by atoms with Gasteiger partial charge in [0.05, 0.1) is 17.8 Å². The lowest BCUT2D eigenvalue weighted by Gasteiger charge is -2.10. The molecule has 1 aromatic rings. The van der Waals surface area contributed by atoms with Crippen molar-refractivity contribution in [2.24, 2.45) is 11.8 Å². The number of pyridine rings is 1. The molecule has 1 aliphatic carbocycles. The van der Waals surface area contributed by atoms with E-state index in [2.05, 4.69) is 10.3 Å². The third-order valence-corrected chi connectivity index (χ3v) is 4.54. The first kappa shape index (κ1) is 15.4. The van der Waals surface area contributed by atoms with Crippen LogP contribution in [0.2, 0.25) is 0 Å². The number of hydrogen-bond donors (Lipinski definition) is 2. The molecule has 0 bridgehead atoms. The quantitative estimate of drug-likeness (QED) is 0.854. The van der Waals surface area contributed by atoms with E-state index >= 15 is 0 Å². The number of carbonyl (C=O) groups is 2. The van der Waals surface area contributed by atoms with Crippen LogP contribution < -0.4 is 5.32 Å². The lowest BCUT2D eigenvalue weighted by molar-refractivity contribution is -0.141. The number of sulfone groups is 1. The summed E-state index contributed by atoms with van der Waals surface area (Å²) in [6.07, 6.45) is 3.70. The minimum Gasteiger partial charge on any atom is -0.481 e. The Balaban J connectivity index is 1.99. The summed E-state index contributed by atoms with van der Waals surface area (Å²) in [5.74, 6) is -1.93. The summed E-state index contributed by atoms with van der Waals surface area (Å²) in [7, 11) is -3.37. The standard InChI is InChI=1S/C13H16N2O5S/c1-21(19,20)11-5-4-10(7-14-11)15-12(16)8-2-3-9(6-8)13(17)18/h4-5,7-9H,2-3,6H2,1H3,(H,15,16)(H,17,18)/t8-,9+/m1/s1. The SMILES string of the molecule is CS(=O)(=O)c1ccc(NC(=O)[C@@H]2CC[C@H](C(=O)O)C2)cn1. The van der Waals surface area contributed by atoms with Crippen LogP contribution in [-0.2, 0) is 19.4 Å². The van der Waals surface area contributed by atoms with Crippen LogP contribution >= 0.6 is 0 Å². The zero-order valence-electron chi connectivity index (χ0n) is 11.4. The average Bonchev–Trinajstić information content (AvgIpc) is 2.88. The van der Waals surface area contributed by atoms with Crippen molar-refractivity contribution in [3.05, 3.63) is 18.3 Å². The van der Waals surface area contributed by atoms with Gasteiger partial charge in [-0.25, -0.2) is 13.4 Å². The van der Waals surface area contributed by atoms with Crippen molar-refractivity contribution in [1.29, 1.82) is 0 Å². The summed E-state index contributed by atoms with van der Waals surface area (Å²) < 4.78 is 22.5. The van der Waals surface area contributed by atoms with Crippen LogP contribution in [-0.4, -0.2) is 36.6 Å². The minimum atomic E-state index is -3.37. The highest BCUT2D eigenvalue weighted by molar-refractivity contribution is 7.90. The molecule has 0 saturated heterocycles. The van der Waals surface area contributed by atoms with Crippen LogP contribution in [0.5, 0.6) is 0 Å². The van der Waals surface area contributed by atoms with Crippen LogP contribution in [0, 0.1) is 11.8 Å². The van der Waals surface area contributed by atoms with E-state index < -0.39 is 21.7 Å². The summed E-state index contributed by atoms with van der Waals surface area (Å²) in [5.41, 5.74) is 0.395. The second-order valence-electron chi connectivity index (χ2n) is 5.19. The van der Waals surface area contributed by atoms with E-state index in [1.807, 2.05) is 0 Å². The van der Waals surface area contributed by atoms with Gasteiger partial charge >= 0.3 is 5.97 Å². The Morgan fingerprint density at radius 1 is 1.29 bits per heavy atom. The van der Waals surface area contributed by atoms with Crippen molar-refractivity contribution in [2.75, 3.05) is 11.6 Å². The third kappa shape index (κ3) is 3.78. The lowest BCUT2D eigenvalue weighted by atomic mass is 10.0. The molecule has 2 atom stereocenters. The summed E-state index contributed by atoms with van der Waals surface area (Å²) in [6, 6.07) is 2.78. The summed E-state index contributed by atoms with van der Waals surface area (Å²) in [6.45, 7) is 0. The predicted molar refractivity (Wildman–Crippen MR) is 74.4 cm³/mol. The van der Waals surface area contributed by atoms with E-state index in [0.29, 0.717) is 24.9 Å². The third-order valence-electron chi connectivity index (χ3n) is 3.54. The van der Waals surface area contributed by atoms with Gasteiger partial charge in [0.15, 0.2) is 14.9 Å². The highest BCUT2D eigenvalue weighted by Gasteiger charge is 2.33. The number of aromatic nitrogens is 1. The van der Waals surface area contributed by atoms with Crippen LogP contribution in [0.3, 0.4) is 0 Å².